The van der Waals surface area contributed by atoms with Crippen molar-refractivity contribution in [3.8, 4) is 0 Å². The molecule has 3 rings (SSSR count). The number of benzene rings is 1. The first-order valence-electron chi connectivity index (χ1n) is 8.36. The highest BCUT2D eigenvalue weighted by atomic mass is 35.5. The minimum absolute atomic E-state index is 0.164. The fourth-order valence-corrected chi connectivity index (χ4v) is 3.39. The third-order valence-electron chi connectivity index (χ3n) is 4.72. The van der Waals surface area contributed by atoms with Crippen LogP contribution in [0.1, 0.15) is 0 Å². The zero-order valence-electron chi connectivity index (χ0n) is 13.7. The molecule has 130 valence electrons. The molecular weight excluding hydrogens is 328 g/mol. The highest BCUT2D eigenvalue weighted by Gasteiger charge is 2.24. The average molecular weight is 351 g/mol. The fourth-order valence-electron chi connectivity index (χ4n) is 3.21. The van der Waals surface area contributed by atoms with E-state index in [1.165, 1.54) is 0 Å². The molecule has 2 aliphatic rings. The third-order valence-corrected chi connectivity index (χ3v) is 4.96. The van der Waals surface area contributed by atoms with Gasteiger partial charge in [-0.3, -0.25) is 14.5 Å². The lowest BCUT2D eigenvalue weighted by Gasteiger charge is -2.38. The quantitative estimate of drug-likeness (QED) is 0.752. The van der Waals surface area contributed by atoms with Crippen LogP contribution in [0.2, 0.25) is 5.02 Å². The summed E-state index contributed by atoms with van der Waals surface area (Å²) < 4.78 is 0. The van der Waals surface area contributed by atoms with Crippen molar-refractivity contribution >= 4 is 29.6 Å². The van der Waals surface area contributed by atoms with E-state index >= 15 is 0 Å². The number of carbonyl (C=O) groups is 2. The van der Waals surface area contributed by atoms with Crippen LogP contribution >= 0.6 is 11.6 Å². The number of nitrogens with zero attached hydrogens (tertiary/aromatic N) is 4. The Balaban J connectivity index is 1.45. The van der Waals surface area contributed by atoms with Crippen molar-refractivity contribution in [2.75, 3.05) is 63.8 Å². The molecule has 0 saturated carbocycles. The minimum atomic E-state index is 0.164. The Kier molecular flexibility index (Phi) is 5.58. The van der Waals surface area contributed by atoms with Gasteiger partial charge >= 0.3 is 0 Å². The third kappa shape index (κ3) is 4.19. The normalized spacial score (nSPS) is 19.5. The number of halogens is 1. The lowest BCUT2D eigenvalue weighted by atomic mass is 10.2. The van der Waals surface area contributed by atoms with Crippen LogP contribution in [0.5, 0.6) is 0 Å². The van der Waals surface area contributed by atoms with E-state index in [-0.39, 0.29) is 5.91 Å². The van der Waals surface area contributed by atoms with Gasteiger partial charge in [-0.2, -0.15) is 0 Å². The Morgan fingerprint density at radius 1 is 1.04 bits per heavy atom. The predicted octanol–water partition coefficient (Wildman–Crippen LogP) is 0.763. The van der Waals surface area contributed by atoms with Gasteiger partial charge in [0.1, 0.15) is 0 Å². The van der Waals surface area contributed by atoms with E-state index in [0.29, 0.717) is 32.7 Å². The molecule has 24 heavy (non-hydrogen) atoms. The molecule has 2 heterocycles. The number of amides is 2. The van der Waals surface area contributed by atoms with Crippen molar-refractivity contribution in [3.05, 3.63) is 29.3 Å². The molecule has 0 aromatic heterocycles. The Bertz CT molecular complexity index is 582. The lowest BCUT2D eigenvalue weighted by Crippen LogP contribution is -2.53. The first kappa shape index (κ1) is 17.0. The van der Waals surface area contributed by atoms with E-state index in [2.05, 4.69) is 15.9 Å². The molecular formula is C17H23ClN4O2. The highest BCUT2D eigenvalue weighted by Crippen LogP contribution is 2.20. The van der Waals surface area contributed by atoms with Crippen molar-refractivity contribution in [2.24, 2.45) is 0 Å². The topological polar surface area (TPSA) is 47.1 Å². The number of hydrogen-bond donors (Lipinski definition) is 0. The van der Waals surface area contributed by atoms with Crippen LogP contribution < -0.4 is 4.90 Å². The Hall–Kier alpha value is -1.79. The highest BCUT2D eigenvalue weighted by molar-refractivity contribution is 6.30. The molecule has 0 unspecified atom stereocenters. The van der Waals surface area contributed by atoms with Gasteiger partial charge in [0.05, 0.1) is 6.54 Å². The predicted molar refractivity (Wildman–Crippen MR) is 94.3 cm³/mol. The van der Waals surface area contributed by atoms with E-state index in [4.69, 9.17) is 11.6 Å². The average Bonchev–Trinajstić information content (AvgIpc) is 2.62. The molecule has 0 radical (unpaired) electrons. The zero-order valence-corrected chi connectivity index (χ0v) is 14.5. The number of piperazine rings is 2. The van der Waals surface area contributed by atoms with Crippen molar-refractivity contribution < 1.29 is 9.59 Å². The van der Waals surface area contributed by atoms with Gasteiger partial charge in [-0.05, 0) is 18.2 Å². The van der Waals surface area contributed by atoms with Gasteiger partial charge in [-0.1, -0.05) is 17.7 Å². The van der Waals surface area contributed by atoms with Crippen molar-refractivity contribution in [1.29, 1.82) is 0 Å². The molecule has 1 aromatic carbocycles. The van der Waals surface area contributed by atoms with Crippen LogP contribution in [0.3, 0.4) is 0 Å². The maximum Gasteiger partial charge on any atom is 0.236 e. The molecule has 0 spiro atoms. The summed E-state index contributed by atoms with van der Waals surface area (Å²) in [5, 5.41) is 0.750. The second-order valence-corrected chi connectivity index (χ2v) is 6.70. The Morgan fingerprint density at radius 2 is 1.75 bits per heavy atom. The van der Waals surface area contributed by atoms with Crippen molar-refractivity contribution in [2.45, 2.75) is 0 Å². The number of anilines is 1. The van der Waals surface area contributed by atoms with Crippen LogP contribution in [0, 0.1) is 0 Å². The largest absolute Gasteiger partial charge is 0.369 e. The van der Waals surface area contributed by atoms with E-state index in [1.54, 1.807) is 4.90 Å². The summed E-state index contributed by atoms with van der Waals surface area (Å²) in [5.74, 6) is 0.164. The molecule has 0 N–H and O–H groups in total. The van der Waals surface area contributed by atoms with Crippen molar-refractivity contribution in [1.82, 2.24) is 14.7 Å². The van der Waals surface area contributed by atoms with Crippen LogP contribution in [-0.2, 0) is 9.59 Å². The number of rotatable bonds is 4. The second kappa shape index (κ2) is 7.85. The first-order chi connectivity index (χ1) is 11.7. The summed E-state index contributed by atoms with van der Waals surface area (Å²) in [6.07, 6.45) is 0.858. The second-order valence-electron chi connectivity index (χ2n) is 6.27. The summed E-state index contributed by atoms with van der Waals surface area (Å²) in [6, 6.07) is 7.89. The first-order valence-corrected chi connectivity index (χ1v) is 8.73. The van der Waals surface area contributed by atoms with E-state index < -0.39 is 0 Å². The molecule has 7 heteroatoms. The molecule has 0 bridgehead atoms. The van der Waals surface area contributed by atoms with Gasteiger partial charge in [0.15, 0.2) is 0 Å². The standard InChI is InChI=1S/C17H23ClN4O2/c18-15-2-1-3-16(12-15)21-8-4-19(5-9-21)13-17(24)22-10-6-20(14-23)7-11-22/h1-3,12,14H,4-11,13H2. The van der Waals surface area contributed by atoms with Crippen LogP contribution in [0.4, 0.5) is 5.69 Å². The summed E-state index contributed by atoms with van der Waals surface area (Å²) in [6.45, 7) is 6.54. The molecule has 2 aliphatic heterocycles. The summed E-state index contributed by atoms with van der Waals surface area (Å²) in [7, 11) is 0. The van der Waals surface area contributed by atoms with Gasteiger partial charge in [-0.15, -0.1) is 0 Å². The van der Waals surface area contributed by atoms with Gasteiger partial charge in [0, 0.05) is 63.1 Å². The van der Waals surface area contributed by atoms with Crippen LogP contribution in [0.25, 0.3) is 0 Å². The number of hydrogen-bond acceptors (Lipinski definition) is 4. The van der Waals surface area contributed by atoms with E-state index in [9.17, 15) is 9.59 Å². The van der Waals surface area contributed by atoms with Crippen LogP contribution in [0.15, 0.2) is 24.3 Å². The Labute approximate surface area is 147 Å². The van der Waals surface area contributed by atoms with E-state index in [0.717, 1.165) is 43.3 Å². The van der Waals surface area contributed by atoms with Gasteiger partial charge < -0.3 is 14.7 Å². The van der Waals surface area contributed by atoms with Crippen molar-refractivity contribution in [3.63, 3.8) is 0 Å². The maximum absolute atomic E-state index is 12.4. The Morgan fingerprint density at radius 3 is 2.38 bits per heavy atom. The molecule has 0 atom stereocenters. The molecule has 0 aliphatic carbocycles. The summed E-state index contributed by atoms with van der Waals surface area (Å²) in [5.41, 5.74) is 1.14. The monoisotopic (exact) mass is 350 g/mol. The zero-order chi connectivity index (χ0) is 16.9. The van der Waals surface area contributed by atoms with E-state index in [1.807, 2.05) is 23.1 Å². The van der Waals surface area contributed by atoms with Gasteiger partial charge in [-0.25, -0.2) is 0 Å². The minimum Gasteiger partial charge on any atom is -0.369 e. The molecule has 2 amide bonds. The lowest BCUT2D eigenvalue weighted by molar-refractivity contribution is -0.136. The van der Waals surface area contributed by atoms with Crippen LogP contribution in [-0.4, -0.2) is 85.9 Å². The molecule has 6 nitrogen and oxygen atoms in total. The fraction of sp³-hybridized carbons (Fsp3) is 0.529. The smallest absolute Gasteiger partial charge is 0.236 e. The summed E-state index contributed by atoms with van der Waals surface area (Å²) in [4.78, 5) is 31.2. The summed E-state index contributed by atoms with van der Waals surface area (Å²) >= 11 is 6.06. The molecule has 2 fully saturated rings. The molecule has 1 aromatic rings. The SMILES string of the molecule is O=CN1CCN(C(=O)CN2CCN(c3cccc(Cl)c3)CC2)CC1. The van der Waals surface area contributed by atoms with Gasteiger partial charge in [0.2, 0.25) is 12.3 Å². The maximum atomic E-state index is 12.4. The molecule has 2 saturated heterocycles. The number of carbonyl (C=O) groups excluding carboxylic acids is 2. The van der Waals surface area contributed by atoms with Gasteiger partial charge in [0.25, 0.3) is 0 Å².